The minimum absolute atomic E-state index is 1.23. The molecule has 0 aliphatic rings. The number of rotatable bonds is 0. The number of benzene rings is 6. The van der Waals surface area contributed by atoms with E-state index in [1.807, 2.05) is 0 Å². The molecule has 12 bridgehead atoms. The Bertz CT molecular complexity index is 1950. The maximum Gasteiger partial charge on any atom is -0.0175 e. The highest BCUT2D eigenvalue weighted by Crippen LogP contribution is 2.26. The summed E-state index contributed by atoms with van der Waals surface area (Å²) in [5, 5.41) is 14.8. The third-order valence-corrected chi connectivity index (χ3v) is 7.39. The van der Waals surface area contributed by atoms with Crippen molar-refractivity contribution >= 4 is 64.6 Å². The van der Waals surface area contributed by atoms with Crippen molar-refractivity contribution < 1.29 is 0 Å². The Labute approximate surface area is 216 Å². The lowest BCUT2D eigenvalue weighted by Gasteiger charge is -2.04. The summed E-state index contributed by atoms with van der Waals surface area (Å²) < 4.78 is 0. The molecule has 0 aliphatic heterocycles. The highest BCUT2D eigenvalue weighted by atomic mass is 14.0. The van der Waals surface area contributed by atoms with Gasteiger partial charge in [-0.2, -0.15) is 0 Å². The van der Waals surface area contributed by atoms with Crippen LogP contribution in [0, 0.1) is 6.92 Å². The molecule has 7 rings (SSSR count). The number of hydrogen-bond donors (Lipinski definition) is 0. The van der Waals surface area contributed by atoms with E-state index in [0.29, 0.717) is 0 Å². The normalized spacial score (nSPS) is 11.4. The van der Waals surface area contributed by atoms with Crippen LogP contribution in [-0.4, -0.2) is 0 Å². The van der Waals surface area contributed by atoms with Gasteiger partial charge in [-0.05, 0) is 114 Å². The van der Waals surface area contributed by atoms with Crippen LogP contribution in [0.4, 0.5) is 0 Å². The van der Waals surface area contributed by atoms with Crippen LogP contribution in [0.5, 0.6) is 0 Å². The number of fused-ring (bicyclic) bond motifs is 18. The molecular weight excluding hydrogens is 444 g/mol. The average Bonchev–Trinajstić information content (AvgIpc) is 2.97. The van der Waals surface area contributed by atoms with Crippen molar-refractivity contribution in [2.75, 3.05) is 0 Å². The largest absolute Gasteiger partial charge is 0.0610 e. The van der Waals surface area contributed by atoms with Crippen molar-refractivity contribution in [3.63, 3.8) is 0 Å². The fourth-order valence-electron chi connectivity index (χ4n) is 5.51. The molecule has 0 heteroatoms. The first kappa shape index (κ1) is 21.6. The molecular formula is C37H26. The van der Waals surface area contributed by atoms with E-state index in [4.69, 9.17) is 0 Å². The van der Waals surface area contributed by atoms with E-state index in [-0.39, 0.29) is 0 Å². The zero-order chi connectivity index (χ0) is 24.8. The van der Waals surface area contributed by atoms with Crippen LogP contribution in [0.2, 0.25) is 0 Å². The average molecular weight is 471 g/mol. The monoisotopic (exact) mass is 470 g/mol. The summed E-state index contributed by atoms with van der Waals surface area (Å²) in [4.78, 5) is 0. The third kappa shape index (κ3) is 4.07. The quantitative estimate of drug-likeness (QED) is 0.207. The van der Waals surface area contributed by atoms with Gasteiger partial charge >= 0.3 is 0 Å². The molecule has 0 nitrogen and oxygen atoms in total. The van der Waals surface area contributed by atoms with E-state index in [1.54, 1.807) is 0 Å². The second-order valence-corrected chi connectivity index (χ2v) is 9.99. The molecule has 0 fully saturated rings. The summed E-state index contributed by atoms with van der Waals surface area (Å²) in [7, 11) is 0. The molecule has 0 heterocycles. The molecule has 0 atom stereocenters. The molecule has 0 saturated heterocycles. The maximum atomic E-state index is 2.33. The highest BCUT2D eigenvalue weighted by molar-refractivity contribution is 6.01. The molecule has 7 aromatic carbocycles. The van der Waals surface area contributed by atoms with Crippen LogP contribution >= 0.6 is 0 Å². The zero-order valence-corrected chi connectivity index (χ0v) is 20.8. The standard InChI is InChI=1S/C37H26/c1-25-17-36-24-37(18-25)35-16-6-14-33(23-35)31-12-4-10-29(21-31)27-8-2-7-26(19-27)28-9-3-11-30(20-28)32-13-5-15-34(36)22-32/h2-24H,1H3. The van der Waals surface area contributed by atoms with E-state index >= 15 is 0 Å². The summed E-state index contributed by atoms with van der Waals surface area (Å²) in [6.45, 7) is 2.19. The lowest BCUT2D eigenvalue weighted by atomic mass is 10.0. The Morgan fingerprint density at radius 1 is 0.243 bits per heavy atom. The Balaban J connectivity index is 1.73. The molecule has 0 saturated carbocycles. The van der Waals surface area contributed by atoms with Gasteiger partial charge in [-0.15, -0.1) is 0 Å². The minimum Gasteiger partial charge on any atom is -0.0610 e. The predicted octanol–water partition coefficient (Wildman–Crippen LogP) is 10.6. The van der Waals surface area contributed by atoms with Gasteiger partial charge in [-0.25, -0.2) is 0 Å². The molecule has 0 radical (unpaired) electrons. The maximum absolute atomic E-state index is 2.33. The third-order valence-electron chi connectivity index (χ3n) is 7.39. The summed E-state index contributed by atoms with van der Waals surface area (Å²) >= 11 is 0. The van der Waals surface area contributed by atoms with E-state index in [2.05, 4.69) is 146 Å². The summed E-state index contributed by atoms with van der Waals surface area (Å²) in [5.41, 5.74) is 1.26. The van der Waals surface area contributed by atoms with Crippen LogP contribution in [-0.2, 0) is 0 Å². The van der Waals surface area contributed by atoms with Crippen molar-refractivity contribution in [1.29, 1.82) is 0 Å². The number of hydrogen-bond acceptors (Lipinski definition) is 0. The Morgan fingerprint density at radius 2 is 0.432 bits per heavy atom. The van der Waals surface area contributed by atoms with Gasteiger partial charge in [0.15, 0.2) is 0 Å². The fourth-order valence-corrected chi connectivity index (χ4v) is 5.51. The molecule has 0 aromatic heterocycles. The van der Waals surface area contributed by atoms with Gasteiger partial charge in [-0.3, -0.25) is 0 Å². The van der Waals surface area contributed by atoms with Gasteiger partial charge in [-0.1, -0.05) is 103 Å². The number of aryl methyl sites for hydroxylation is 1. The van der Waals surface area contributed by atoms with Crippen LogP contribution < -0.4 is 0 Å². The van der Waals surface area contributed by atoms with E-state index < -0.39 is 0 Å². The first-order valence-electron chi connectivity index (χ1n) is 12.8. The van der Waals surface area contributed by atoms with Crippen LogP contribution in [0.15, 0.2) is 140 Å². The second-order valence-electron chi connectivity index (χ2n) is 9.99. The summed E-state index contributed by atoms with van der Waals surface area (Å²) in [6, 6.07) is 51.4. The predicted molar refractivity (Wildman–Crippen MR) is 163 cm³/mol. The SMILES string of the molecule is Cc1cc2cc(c1)c1cccc(c1)c1cccc(c1)c1cccc(c1)c1cccc(c1)c1cccc2c1. The van der Waals surface area contributed by atoms with Gasteiger partial charge < -0.3 is 0 Å². The second kappa shape index (κ2) is 8.76. The van der Waals surface area contributed by atoms with Gasteiger partial charge in [0, 0.05) is 0 Å². The molecule has 0 unspecified atom stereocenters. The highest BCUT2D eigenvalue weighted by Gasteiger charge is 2.00. The van der Waals surface area contributed by atoms with Gasteiger partial charge in [0.25, 0.3) is 0 Å². The van der Waals surface area contributed by atoms with Gasteiger partial charge in [0.05, 0.1) is 0 Å². The summed E-state index contributed by atoms with van der Waals surface area (Å²) in [5.74, 6) is 0. The lowest BCUT2D eigenvalue weighted by Crippen LogP contribution is -1.78. The zero-order valence-electron chi connectivity index (χ0n) is 20.8. The van der Waals surface area contributed by atoms with Crippen LogP contribution in [0.25, 0.3) is 64.6 Å². The fraction of sp³-hybridized carbons (Fsp3) is 0.0270. The lowest BCUT2D eigenvalue weighted by molar-refractivity contribution is 1.52. The van der Waals surface area contributed by atoms with E-state index in [0.717, 1.165) is 0 Å². The van der Waals surface area contributed by atoms with Crippen LogP contribution in [0.3, 0.4) is 0 Å². The molecule has 174 valence electrons. The smallest absolute Gasteiger partial charge is 0.0175 e. The Kier molecular flexibility index (Phi) is 5.11. The molecule has 37 heavy (non-hydrogen) atoms. The molecule has 0 amide bonds. The summed E-state index contributed by atoms with van der Waals surface area (Å²) in [6.07, 6.45) is 0. The molecule has 0 aliphatic carbocycles. The van der Waals surface area contributed by atoms with Crippen molar-refractivity contribution in [2.45, 2.75) is 6.92 Å². The van der Waals surface area contributed by atoms with E-state index in [1.165, 1.54) is 70.2 Å². The van der Waals surface area contributed by atoms with Gasteiger partial charge in [0.1, 0.15) is 0 Å². The first-order valence-corrected chi connectivity index (χ1v) is 12.8. The van der Waals surface area contributed by atoms with Crippen molar-refractivity contribution in [1.82, 2.24) is 0 Å². The van der Waals surface area contributed by atoms with E-state index in [9.17, 15) is 0 Å². The Hall–Kier alpha value is -4.68. The van der Waals surface area contributed by atoms with Crippen molar-refractivity contribution in [3.8, 4) is 0 Å². The van der Waals surface area contributed by atoms with Crippen LogP contribution in [0.1, 0.15) is 5.56 Å². The topological polar surface area (TPSA) is 0 Å². The van der Waals surface area contributed by atoms with Crippen molar-refractivity contribution in [3.05, 3.63) is 145 Å². The minimum atomic E-state index is 1.23. The molecule has 7 aromatic rings. The Morgan fingerprint density at radius 3 is 0.676 bits per heavy atom. The van der Waals surface area contributed by atoms with Crippen molar-refractivity contribution in [2.24, 2.45) is 0 Å². The first-order chi connectivity index (χ1) is 18.2. The van der Waals surface area contributed by atoms with Gasteiger partial charge in [0.2, 0.25) is 0 Å². The molecule has 0 N–H and O–H groups in total. The molecule has 0 spiro atoms.